The number of rotatable bonds is 2. The van der Waals surface area contributed by atoms with E-state index in [2.05, 4.69) is 15.5 Å². The van der Waals surface area contributed by atoms with Gasteiger partial charge in [-0.1, -0.05) is 0 Å². The molecule has 1 saturated heterocycles. The van der Waals surface area contributed by atoms with Crippen molar-refractivity contribution in [3.8, 4) is 0 Å². The van der Waals surface area contributed by atoms with E-state index in [0.29, 0.717) is 11.3 Å². The second-order valence-electron chi connectivity index (χ2n) is 5.15. The lowest BCUT2D eigenvalue weighted by atomic mass is 10.1. The molecule has 1 aromatic rings. The molecule has 6 heteroatoms. The summed E-state index contributed by atoms with van der Waals surface area (Å²) in [5.41, 5.74) is 1.95. The molecule has 104 valence electrons. The van der Waals surface area contributed by atoms with Crippen LogP contribution in [0, 0.1) is 0 Å². The maximum Gasteiger partial charge on any atom is 0.296 e. The molecule has 1 fully saturated rings. The molecule has 3 rings (SSSR count). The Bertz CT molecular complexity index is 612. The third kappa shape index (κ3) is 2.13. The van der Waals surface area contributed by atoms with E-state index >= 15 is 0 Å². The van der Waals surface area contributed by atoms with Crippen molar-refractivity contribution in [3.05, 3.63) is 23.8 Å². The number of nitrogens with zero attached hydrogens (tertiary/aromatic N) is 1. The second-order valence-corrected chi connectivity index (χ2v) is 5.15. The van der Waals surface area contributed by atoms with E-state index in [1.165, 1.54) is 6.92 Å². The van der Waals surface area contributed by atoms with Crippen molar-refractivity contribution >= 4 is 29.0 Å². The molecule has 0 bridgehead atoms. The summed E-state index contributed by atoms with van der Waals surface area (Å²) in [5, 5.41) is 5.47. The van der Waals surface area contributed by atoms with Crippen LogP contribution in [0.25, 0.3) is 0 Å². The molecule has 2 aliphatic heterocycles. The van der Waals surface area contributed by atoms with Crippen LogP contribution in [0.15, 0.2) is 18.2 Å². The van der Waals surface area contributed by atoms with Crippen LogP contribution in [0.4, 0.5) is 11.4 Å². The van der Waals surface area contributed by atoms with Crippen molar-refractivity contribution in [2.45, 2.75) is 19.4 Å². The largest absolute Gasteiger partial charge is 0.369 e. The molecule has 0 radical (unpaired) electrons. The van der Waals surface area contributed by atoms with Gasteiger partial charge in [0.15, 0.2) is 0 Å². The third-order valence-corrected chi connectivity index (χ3v) is 3.66. The highest BCUT2D eigenvalue weighted by molar-refractivity contribution is 6.51. The van der Waals surface area contributed by atoms with E-state index < -0.39 is 11.7 Å². The number of Topliss-reactive ketones (excluding diaryl/α,β-unsaturated/α-hetero) is 1. The monoisotopic (exact) mass is 273 g/mol. The first-order valence-corrected chi connectivity index (χ1v) is 6.56. The first-order valence-electron chi connectivity index (χ1n) is 6.56. The summed E-state index contributed by atoms with van der Waals surface area (Å²) >= 11 is 0. The highest BCUT2D eigenvalue weighted by atomic mass is 16.2. The number of fused-ring (bicyclic) bond motifs is 1. The van der Waals surface area contributed by atoms with E-state index in [9.17, 15) is 14.4 Å². The summed E-state index contributed by atoms with van der Waals surface area (Å²) in [6.07, 6.45) is 0.891. The fraction of sp³-hybridized carbons (Fsp3) is 0.357. The van der Waals surface area contributed by atoms with Gasteiger partial charge in [-0.15, -0.1) is 0 Å². The summed E-state index contributed by atoms with van der Waals surface area (Å²) in [5.74, 6) is -1.08. The Labute approximate surface area is 116 Å². The molecule has 0 spiro atoms. The van der Waals surface area contributed by atoms with E-state index in [4.69, 9.17) is 0 Å². The molecule has 2 amide bonds. The predicted octanol–water partition coefficient (Wildman–Crippen LogP) is 0.536. The lowest BCUT2D eigenvalue weighted by Gasteiger charge is -2.19. The molecule has 2 N–H and O–H groups in total. The molecule has 2 aliphatic rings. The van der Waals surface area contributed by atoms with Gasteiger partial charge in [-0.3, -0.25) is 14.4 Å². The number of hydrogen-bond acceptors (Lipinski definition) is 4. The number of anilines is 2. The van der Waals surface area contributed by atoms with Crippen LogP contribution in [0.5, 0.6) is 0 Å². The molecule has 1 unspecified atom stereocenters. The molecule has 20 heavy (non-hydrogen) atoms. The van der Waals surface area contributed by atoms with E-state index in [0.717, 1.165) is 25.2 Å². The van der Waals surface area contributed by atoms with E-state index in [1.807, 2.05) is 12.1 Å². The minimum absolute atomic E-state index is 0.0244. The molecule has 2 heterocycles. The van der Waals surface area contributed by atoms with Gasteiger partial charge in [0.1, 0.15) is 0 Å². The summed E-state index contributed by atoms with van der Waals surface area (Å²) in [6, 6.07) is 5.48. The number of ketones is 1. The second kappa shape index (κ2) is 4.63. The highest BCUT2D eigenvalue weighted by Gasteiger charge is 2.29. The van der Waals surface area contributed by atoms with E-state index in [1.54, 1.807) is 6.07 Å². The molecule has 6 nitrogen and oxygen atoms in total. The molecule has 0 aliphatic carbocycles. The van der Waals surface area contributed by atoms with Crippen molar-refractivity contribution in [1.82, 2.24) is 5.32 Å². The van der Waals surface area contributed by atoms with Gasteiger partial charge in [-0.2, -0.15) is 0 Å². The van der Waals surface area contributed by atoms with Crippen molar-refractivity contribution < 1.29 is 14.4 Å². The molecule has 1 atom stereocenters. The predicted molar refractivity (Wildman–Crippen MR) is 73.8 cm³/mol. The maximum atomic E-state index is 11.5. The number of carbonyl (C=O) groups excluding carboxylic acids is 3. The van der Waals surface area contributed by atoms with Gasteiger partial charge in [0, 0.05) is 31.7 Å². The fourth-order valence-corrected chi connectivity index (χ4v) is 2.73. The van der Waals surface area contributed by atoms with Crippen molar-refractivity contribution in [2.75, 3.05) is 23.3 Å². The lowest BCUT2D eigenvalue weighted by molar-refractivity contribution is -0.119. The Kier molecular flexibility index (Phi) is 2.93. The van der Waals surface area contributed by atoms with Gasteiger partial charge in [-0.25, -0.2) is 0 Å². The third-order valence-electron chi connectivity index (χ3n) is 3.66. The zero-order chi connectivity index (χ0) is 14.3. The van der Waals surface area contributed by atoms with Gasteiger partial charge >= 0.3 is 0 Å². The minimum atomic E-state index is -0.574. The Morgan fingerprint density at radius 3 is 2.95 bits per heavy atom. The van der Waals surface area contributed by atoms with Gasteiger partial charge < -0.3 is 15.5 Å². The molecule has 0 saturated carbocycles. The van der Waals surface area contributed by atoms with Gasteiger partial charge in [0.25, 0.3) is 11.7 Å². The molecular weight excluding hydrogens is 258 g/mol. The standard InChI is InChI=1S/C14H15N3O3/c1-8(18)15-9-4-5-17(7-9)10-2-3-11-12(6-10)16-14(20)13(11)19/h2-3,6,9H,4-5,7H2,1H3,(H,15,18)(H,16,19,20). The molecule has 0 aromatic heterocycles. The Morgan fingerprint density at radius 1 is 1.40 bits per heavy atom. The summed E-state index contributed by atoms with van der Waals surface area (Å²) < 4.78 is 0. The average molecular weight is 273 g/mol. The zero-order valence-corrected chi connectivity index (χ0v) is 11.1. The van der Waals surface area contributed by atoms with Gasteiger partial charge in [0.2, 0.25) is 5.91 Å². The van der Waals surface area contributed by atoms with Crippen LogP contribution in [0.3, 0.4) is 0 Å². The summed E-state index contributed by atoms with van der Waals surface area (Å²) in [4.78, 5) is 36.0. The van der Waals surface area contributed by atoms with Crippen molar-refractivity contribution in [2.24, 2.45) is 0 Å². The first kappa shape index (κ1) is 12.7. The number of carbonyl (C=O) groups is 3. The average Bonchev–Trinajstić information content (AvgIpc) is 2.95. The topological polar surface area (TPSA) is 78.5 Å². The van der Waals surface area contributed by atoms with Crippen LogP contribution >= 0.6 is 0 Å². The first-order chi connectivity index (χ1) is 9.54. The number of hydrogen-bond donors (Lipinski definition) is 2. The zero-order valence-electron chi connectivity index (χ0n) is 11.1. The minimum Gasteiger partial charge on any atom is -0.369 e. The van der Waals surface area contributed by atoms with Crippen LogP contribution in [0.1, 0.15) is 23.7 Å². The Hall–Kier alpha value is -2.37. The Morgan fingerprint density at radius 2 is 2.20 bits per heavy atom. The Balaban J connectivity index is 1.77. The molecule has 1 aromatic carbocycles. The summed E-state index contributed by atoms with van der Waals surface area (Å²) in [6.45, 7) is 3.09. The smallest absolute Gasteiger partial charge is 0.296 e. The molecular formula is C14H15N3O3. The van der Waals surface area contributed by atoms with Crippen LogP contribution in [-0.2, 0) is 9.59 Å². The quantitative estimate of drug-likeness (QED) is 0.771. The summed E-state index contributed by atoms with van der Waals surface area (Å²) in [7, 11) is 0. The van der Waals surface area contributed by atoms with Crippen LogP contribution in [0.2, 0.25) is 0 Å². The van der Waals surface area contributed by atoms with Crippen molar-refractivity contribution in [3.63, 3.8) is 0 Å². The number of amides is 2. The van der Waals surface area contributed by atoms with E-state index in [-0.39, 0.29) is 11.9 Å². The van der Waals surface area contributed by atoms with Crippen LogP contribution < -0.4 is 15.5 Å². The fourth-order valence-electron chi connectivity index (χ4n) is 2.73. The van der Waals surface area contributed by atoms with Gasteiger partial charge in [-0.05, 0) is 24.6 Å². The van der Waals surface area contributed by atoms with Gasteiger partial charge in [0.05, 0.1) is 11.3 Å². The van der Waals surface area contributed by atoms with Crippen molar-refractivity contribution in [1.29, 1.82) is 0 Å². The highest BCUT2D eigenvalue weighted by Crippen LogP contribution is 2.29. The maximum absolute atomic E-state index is 11.5. The van der Waals surface area contributed by atoms with Crippen LogP contribution in [-0.4, -0.2) is 36.7 Å². The number of nitrogens with one attached hydrogen (secondary N) is 2. The number of benzene rings is 1. The normalized spacial score (nSPS) is 20.9. The SMILES string of the molecule is CC(=O)NC1CCN(c2ccc3c(c2)NC(=O)C3=O)C1. The lowest BCUT2D eigenvalue weighted by Crippen LogP contribution is -2.35.